The number of aromatic nitrogens is 4. The van der Waals surface area contributed by atoms with Gasteiger partial charge in [0.15, 0.2) is 5.82 Å². The Morgan fingerprint density at radius 2 is 2.10 bits per heavy atom. The van der Waals surface area contributed by atoms with E-state index in [2.05, 4.69) is 25.2 Å². The Hall–Kier alpha value is -2.28. The minimum absolute atomic E-state index is 0.183. The highest BCUT2D eigenvalue weighted by Crippen LogP contribution is 2.08. The maximum Gasteiger partial charge on any atom is 0.305 e. The van der Waals surface area contributed by atoms with Crippen LogP contribution in [0.1, 0.15) is 18.7 Å². The highest BCUT2D eigenvalue weighted by atomic mass is 16.5. The smallest absolute Gasteiger partial charge is 0.305 e. The number of carbonyl (C=O) groups is 1. The lowest BCUT2D eigenvalue weighted by atomic mass is 10.3. The zero-order valence-electron chi connectivity index (χ0n) is 12.3. The molecule has 0 spiro atoms. The lowest BCUT2D eigenvalue weighted by molar-refractivity contribution is -0.140. The van der Waals surface area contributed by atoms with Crippen LogP contribution in [0, 0.1) is 0 Å². The van der Waals surface area contributed by atoms with Gasteiger partial charge in [-0.05, 0) is 42.6 Å². The molecule has 0 amide bonds. The van der Waals surface area contributed by atoms with Gasteiger partial charge in [-0.25, -0.2) is 0 Å². The molecule has 2 rings (SSSR count). The third kappa shape index (κ3) is 4.35. The molecule has 1 aromatic heterocycles. The van der Waals surface area contributed by atoms with E-state index in [-0.39, 0.29) is 5.97 Å². The molecule has 0 saturated carbocycles. The first-order chi connectivity index (χ1) is 10.2. The maximum atomic E-state index is 11.1. The van der Waals surface area contributed by atoms with Crippen LogP contribution in [-0.4, -0.2) is 51.8 Å². The molecule has 0 fully saturated rings. The van der Waals surface area contributed by atoms with E-state index in [1.165, 1.54) is 7.11 Å². The Bertz CT molecular complexity index is 570. The van der Waals surface area contributed by atoms with E-state index in [0.29, 0.717) is 13.0 Å². The second-order valence-electron chi connectivity index (χ2n) is 4.76. The highest BCUT2D eigenvalue weighted by molar-refractivity contribution is 5.69. The van der Waals surface area contributed by atoms with E-state index in [1.54, 1.807) is 4.68 Å². The number of methoxy groups -OCH3 is 1. The van der Waals surface area contributed by atoms with Gasteiger partial charge < -0.3 is 4.74 Å². The number of benzene rings is 1. The van der Waals surface area contributed by atoms with Crippen LogP contribution >= 0.6 is 0 Å². The average molecular weight is 289 g/mol. The summed E-state index contributed by atoms with van der Waals surface area (Å²) in [6.45, 7) is 1.39. The van der Waals surface area contributed by atoms with Crippen molar-refractivity contribution in [2.45, 2.75) is 19.4 Å². The predicted octanol–water partition coefficient (Wildman–Crippen LogP) is 1.05. The minimum atomic E-state index is -0.183. The molecule has 0 radical (unpaired) electrons. The lowest BCUT2D eigenvalue weighted by Gasteiger charge is -2.15. The quantitative estimate of drug-likeness (QED) is 0.709. The van der Waals surface area contributed by atoms with Crippen LogP contribution < -0.4 is 0 Å². The van der Waals surface area contributed by atoms with Crippen molar-refractivity contribution in [3.05, 3.63) is 36.2 Å². The van der Waals surface area contributed by atoms with E-state index >= 15 is 0 Å². The van der Waals surface area contributed by atoms with Crippen LogP contribution in [0.2, 0.25) is 0 Å². The van der Waals surface area contributed by atoms with Gasteiger partial charge in [0.25, 0.3) is 0 Å². The molecular formula is C14H19N5O2. The molecule has 1 aromatic carbocycles. The van der Waals surface area contributed by atoms with Crippen LogP contribution in [0.5, 0.6) is 0 Å². The largest absolute Gasteiger partial charge is 0.469 e. The zero-order chi connectivity index (χ0) is 15.1. The van der Waals surface area contributed by atoms with Crippen molar-refractivity contribution in [3.8, 4) is 5.69 Å². The third-order valence-corrected chi connectivity index (χ3v) is 3.09. The van der Waals surface area contributed by atoms with Crippen LogP contribution in [0.15, 0.2) is 30.3 Å². The molecule has 0 atom stereocenters. The summed E-state index contributed by atoms with van der Waals surface area (Å²) in [5, 5.41) is 11.8. The number of esters is 1. The minimum Gasteiger partial charge on any atom is -0.469 e. The average Bonchev–Trinajstić information content (AvgIpc) is 2.96. The number of tetrazole rings is 1. The molecule has 7 heteroatoms. The number of hydrogen-bond acceptors (Lipinski definition) is 6. The third-order valence-electron chi connectivity index (χ3n) is 3.09. The highest BCUT2D eigenvalue weighted by Gasteiger charge is 2.11. The van der Waals surface area contributed by atoms with Crippen molar-refractivity contribution in [1.29, 1.82) is 0 Å². The summed E-state index contributed by atoms with van der Waals surface area (Å²) >= 11 is 0. The van der Waals surface area contributed by atoms with Gasteiger partial charge >= 0.3 is 5.97 Å². The predicted molar refractivity (Wildman–Crippen MR) is 76.7 cm³/mol. The van der Waals surface area contributed by atoms with Crippen LogP contribution in [-0.2, 0) is 16.1 Å². The fourth-order valence-electron chi connectivity index (χ4n) is 1.99. The molecule has 1 heterocycles. The van der Waals surface area contributed by atoms with Crippen LogP contribution in [0.4, 0.5) is 0 Å². The Morgan fingerprint density at radius 1 is 1.33 bits per heavy atom. The second-order valence-corrected chi connectivity index (χ2v) is 4.76. The topological polar surface area (TPSA) is 73.1 Å². The van der Waals surface area contributed by atoms with Gasteiger partial charge in [-0.1, -0.05) is 18.2 Å². The first kappa shape index (κ1) is 15.1. The van der Waals surface area contributed by atoms with Gasteiger partial charge in [-0.15, -0.1) is 5.10 Å². The summed E-state index contributed by atoms with van der Waals surface area (Å²) in [6.07, 6.45) is 1.17. The molecule has 2 aromatic rings. The molecule has 7 nitrogen and oxygen atoms in total. The van der Waals surface area contributed by atoms with Gasteiger partial charge in [0, 0.05) is 6.42 Å². The van der Waals surface area contributed by atoms with Crippen molar-refractivity contribution >= 4 is 5.97 Å². The standard InChI is InChI=1S/C14H19N5O2/c1-18(10-6-9-14(20)21-2)11-13-15-16-17-19(13)12-7-4-3-5-8-12/h3-5,7-8H,6,9-11H2,1-2H3. The summed E-state index contributed by atoms with van der Waals surface area (Å²) in [6, 6.07) is 9.75. The molecule has 0 bridgehead atoms. The van der Waals surface area contributed by atoms with Crippen molar-refractivity contribution in [2.24, 2.45) is 0 Å². The Balaban J connectivity index is 1.92. The van der Waals surface area contributed by atoms with Crippen molar-refractivity contribution < 1.29 is 9.53 Å². The molecule has 0 saturated heterocycles. The van der Waals surface area contributed by atoms with Gasteiger partial charge in [-0.3, -0.25) is 9.69 Å². The van der Waals surface area contributed by atoms with Crippen LogP contribution in [0.3, 0.4) is 0 Å². The monoisotopic (exact) mass is 289 g/mol. The van der Waals surface area contributed by atoms with Gasteiger partial charge in [-0.2, -0.15) is 4.68 Å². The van der Waals surface area contributed by atoms with Crippen LogP contribution in [0.25, 0.3) is 5.69 Å². The van der Waals surface area contributed by atoms with E-state index in [1.807, 2.05) is 37.4 Å². The Labute approximate surface area is 123 Å². The fraction of sp³-hybridized carbons (Fsp3) is 0.429. The first-order valence-corrected chi connectivity index (χ1v) is 6.78. The van der Waals surface area contributed by atoms with Gasteiger partial charge in [0.1, 0.15) is 0 Å². The summed E-state index contributed by atoms with van der Waals surface area (Å²) in [5.74, 6) is 0.583. The van der Waals surface area contributed by atoms with Crippen molar-refractivity contribution in [2.75, 3.05) is 20.7 Å². The molecule has 0 aliphatic carbocycles. The number of rotatable bonds is 7. The number of carbonyl (C=O) groups excluding carboxylic acids is 1. The number of ether oxygens (including phenoxy) is 1. The van der Waals surface area contributed by atoms with Gasteiger partial charge in [0.05, 0.1) is 19.3 Å². The van der Waals surface area contributed by atoms with E-state index in [9.17, 15) is 4.79 Å². The molecular weight excluding hydrogens is 270 g/mol. The summed E-state index contributed by atoms with van der Waals surface area (Å²) in [5.41, 5.74) is 0.931. The van der Waals surface area contributed by atoms with E-state index in [0.717, 1.165) is 24.5 Å². The Morgan fingerprint density at radius 3 is 2.81 bits per heavy atom. The molecule has 21 heavy (non-hydrogen) atoms. The first-order valence-electron chi connectivity index (χ1n) is 6.78. The second kappa shape index (κ2) is 7.49. The summed E-state index contributed by atoms with van der Waals surface area (Å²) in [4.78, 5) is 13.1. The lowest BCUT2D eigenvalue weighted by Crippen LogP contribution is -2.22. The fourth-order valence-corrected chi connectivity index (χ4v) is 1.99. The molecule has 112 valence electrons. The maximum absolute atomic E-state index is 11.1. The summed E-state index contributed by atoms with van der Waals surface area (Å²) < 4.78 is 6.34. The van der Waals surface area contributed by atoms with Crippen molar-refractivity contribution in [3.63, 3.8) is 0 Å². The van der Waals surface area contributed by atoms with Gasteiger partial charge in [0.2, 0.25) is 0 Å². The molecule has 0 aliphatic heterocycles. The normalized spacial score (nSPS) is 10.8. The number of hydrogen-bond donors (Lipinski definition) is 0. The summed E-state index contributed by atoms with van der Waals surface area (Å²) in [7, 11) is 3.38. The molecule has 0 unspecified atom stereocenters. The SMILES string of the molecule is COC(=O)CCCN(C)Cc1nnnn1-c1ccccc1. The zero-order valence-corrected chi connectivity index (χ0v) is 12.3. The molecule has 0 N–H and O–H groups in total. The Kier molecular flexibility index (Phi) is 5.39. The van der Waals surface area contributed by atoms with Crippen molar-refractivity contribution in [1.82, 2.24) is 25.1 Å². The van der Waals surface area contributed by atoms with E-state index < -0.39 is 0 Å². The number of para-hydroxylation sites is 1. The molecule has 0 aliphatic rings. The number of nitrogens with zero attached hydrogens (tertiary/aromatic N) is 5. The van der Waals surface area contributed by atoms with E-state index in [4.69, 9.17) is 0 Å².